The van der Waals surface area contributed by atoms with Gasteiger partial charge in [-0.3, -0.25) is 28.8 Å². The first-order valence-corrected chi connectivity index (χ1v) is 20.6. The van der Waals surface area contributed by atoms with Crippen LogP contribution in [0.1, 0.15) is 94.1 Å². The standard InChI is InChI=1S/C44H68N6O9/c1-13-26(5)37-29(8)34(51)21-20-28(7)44(58)59-35(22-25(3)4)40(54)46-31(10)42(56)50(12)33(23-32-18-16-15-17-19-32)43(57)49(11)24-36(52)47-38(27(6)14-2)41(55)45-30(9)39(53)48-37/h13,15-20,25,27,29-31,33-35,37-38,51H,14,21-24H2,1-12H3,(H,45,55)(H,46,54)(H,47,52)(H,48,53)/b26-13+,28-20+/t27?,29-,30+,31-,33+,34-,35+,37+,38?/m0/s1. The molecule has 1 aliphatic heterocycles. The van der Waals surface area contributed by atoms with Crippen LogP contribution < -0.4 is 21.3 Å². The molecule has 1 aromatic carbocycles. The van der Waals surface area contributed by atoms with Gasteiger partial charge in [0.25, 0.3) is 5.91 Å². The zero-order chi connectivity index (χ0) is 44.7. The number of aliphatic hydroxyl groups is 1. The van der Waals surface area contributed by atoms with Crippen molar-refractivity contribution in [3.8, 4) is 0 Å². The Labute approximate surface area is 350 Å². The molecule has 0 aromatic heterocycles. The number of amides is 6. The number of cyclic esters (lactones) is 1. The van der Waals surface area contributed by atoms with Crippen LogP contribution in [0.2, 0.25) is 0 Å². The van der Waals surface area contributed by atoms with E-state index >= 15 is 0 Å². The van der Waals surface area contributed by atoms with Crippen molar-refractivity contribution < 1.29 is 43.4 Å². The van der Waals surface area contributed by atoms with Gasteiger partial charge in [-0.15, -0.1) is 0 Å². The Morgan fingerprint density at radius 2 is 1.49 bits per heavy atom. The van der Waals surface area contributed by atoms with E-state index in [1.807, 2.05) is 26.8 Å². The second-order valence-electron chi connectivity index (χ2n) is 16.3. The molecule has 15 heteroatoms. The number of nitrogens with one attached hydrogen (secondary N) is 4. The molecule has 0 fully saturated rings. The molecular formula is C44H68N6O9. The molecule has 59 heavy (non-hydrogen) atoms. The highest BCUT2D eigenvalue weighted by Crippen LogP contribution is 2.21. The summed E-state index contributed by atoms with van der Waals surface area (Å²) in [6.07, 6.45) is 1.82. The van der Waals surface area contributed by atoms with Gasteiger partial charge < -0.3 is 40.9 Å². The maximum Gasteiger partial charge on any atom is 0.334 e. The molecule has 1 aliphatic rings. The predicted molar refractivity (Wildman–Crippen MR) is 225 cm³/mol. The first-order chi connectivity index (χ1) is 27.6. The fourth-order valence-electron chi connectivity index (χ4n) is 6.69. The molecule has 9 atom stereocenters. The summed E-state index contributed by atoms with van der Waals surface area (Å²) in [4.78, 5) is 98.2. The zero-order valence-electron chi connectivity index (χ0n) is 37.0. The number of hydrogen-bond donors (Lipinski definition) is 5. The largest absolute Gasteiger partial charge is 0.449 e. The highest BCUT2D eigenvalue weighted by atomic mass is 16.5. The Bertz CT molecular complexity index is 1700. The molecule has 1 aromatic rings. The molecule has 5 N–H and O–H groups in total. The molecule has 6 amide bonds. The van der Waals surface area contributed by atoms with E-state index < -0.39 is 96.3 Å². The number of ether oxygens (including phenoxy) is 1. The van der Waals surface area contributed by atoms with Gasteiger partial charge in [0, 0.05) is 32.0 Å². The SMILES string of the molecule is C/C=C(\C)[C@H]1NC(=O)[C@@H](C)NC(=O)C(C(C)CC)NC(=O)CN(C)C(=O)[C@@H](Cc2ccccc2)N(C)C(=O)[C@H](C)NC(=O)[C@@H](CC(C)C)OC(=O)/C(C)=C/C[C@H](O)[C@@H]1C. The van der Waals surface area contributed by atoms with Gasteiger partial charge in [0.1, 0.15) is 24.2 Å². The topological polar surface area (TPSA) is 204 Å². The van der Waals surface area contributed by atoms with E-state index in [1.54, 1.807) is 58.0 Å². The zero-order valence-corrected chi connectivity index (χ0v) is 37.0. The van der Waals surface area contributed by atoms with Gasteiger partial charge in [0.2, 0.25) is 29.5 Å². The molecular weight excluding hydrogens is 757 g/mol. The van der Waals surface area contributed by atoms with Gasteiger partial charge in [-0.2, -0.15) is 0 Å². The second-order valence-corrected chi connectivity index (χ2v) is 16.3. The summed E-state index contributed by atoms with van der Waals surface area (Å²) in [6, 6.07) is 4.06. The fraction of sp³-hybridized carbons (Fsp3) is 0.614. The maximum atomic E-state index is 14.1. The molecule has 15 nitrogen and oxygen atoms in total. The number of aliphatic hydroxyl groups excluding tert-OH is 1. The summed E-state index contributed by atoms with van der Waals surface area (Å²) >= 11 is 0. The monoisotopic (exact) mass is 825 g/mol. The van der Waals surface area contributed by atoms with Crippen LogP contribution >= 0.6 is 0 Å². The van der Waals surface area contributed by atoms with E-state index in [1.165, 1.54) is 50.7 Å². The predicted octanol–water partition coefficient (Wildman–Crippen LogP) is 2.81. The number of carbonyl (C=O) groups is 7. The van der Waals surface area contributed by atoms with Crippen molar-refractivity contribution in [1.82, 2.24) is 31.1 Å². The molecule has 0 aliphatic carbocycles. The van der Waals surface area contributed by atoms with Crippen LogP contribution in [-0.4, -0.2) is 119 Å². The van der Waals surface area contributed by atoms with E-state index in [9.17, 15) is 38.7 Å². The van der Waals surface area contributed by atoms with Crippen LogP contribution in [0.3, 0.4) is 0 Å². The highest BCUT2D eigenvalue weighted by Gasteiger charge is 2.36. The minimum absolute atomic E-state index is 0.0189. The Morgan fingerprint density at radius 1 is 0.881 bits per heavy atom. The quantitative estimate of drug-likeness (QED) is 0.203. The van der Waals surface area contributed by atoms with Crippen LogP contribution in [-0.2, 0) is 44.7 Å². The number of esters is 1. The lowest BCUT2D eigenvalue weighted by Gasteiger charge is -2.33. The summed E-state index contributed by atoms with van der Waals surface area (Å²) in [5.41, 5.74) is 1.65. The molecule has 0 saturated heterocycles. The Hall–Kier alpha value is -5.05. The van der Waals surface area contributed by atoms with Gasteiger partial charge in [-0.25, -0.2) is 4.79 Å². The van der Waals surface area contributed by atoms with Crippen LogP contribution in [0.5, 0.6) is 0 Å². The molecule has 1 heterocycles. The molecule has 2 unspecified atom stereocenters. The maximum absolute atomic E-state index is 14.1. The molecule has 328 valence electrons. The van der Waals surface area contributed by atoms with Gasteiger partial charge in [0.05, 0.1) is 18.7 Å². The summed E-state index contributed by atoms with van der Waals surface area (Å²) < 4.78 is 5.68. The summed E-state index contributed by atoms with van der Waals surface area (Å²) in [5.74, 6) is -5.35. The highest BCUT2D eigenvalue weighted by molar-refractivity contribution is 5.96. The molecule has 2 rings (SSSR count). The van der Waals surface area contributed by atoms with Crippen LogP contribution in [0, 0.1) is 17.8 Å². The van der Waals surface area contributed by atoms with Gasteiger partial charge in [-0.1, -0.05) is 89.1 Å². The van der Waals surface area contributed by atoms with Gasteiger partial charge in [0.15, 0.2) is 6.10 Å². The molecule has 0 saturated carbocycles. The number of likely N-dealkylation sites (N-methyl/N-ethyl adjacent to an activating group) is 2. The van der Waals surface area contributed by atoms with Crippen molar-refractivity contribution in [3.63, 3.8) is 0 Å². The van der Waals surface area contributed by atoms with Crippen molar-refractivity contribution in [2.24, 2.45) is 17.8 Å². The van der Waals surface area contributed by atoms with Gasteiger partial charge >= 0.3 is 5.97 Å². The van der Waals surface area contributed by atoms with Crippen molar-refractivity contribution in [2.75, 3.05) is 20.6 Å². The molecule has 0 bridgehead atoms. The lowest BCUT2D eigenvalue weighted by molar-refractivity contribution is -0.154. The minimum Gasteiger partial charge on any atom is -0.449 e. The van der Waals surface area contributed by atoms with E-state index in [2.05, 4.69) is 21.3 Å². The van der Waals surface area contributed by atoms with Crippen molar-refractivity contribution >= 4 is 41.4 Å². The molecule has 0 radical (unpaired) electrons. The van der Waals surface area contributed by atoms with E-state index in [-0.39, 0.29) is 36.7 Å². The lowest BCUT2D eigenvalue weighted by Crippen LogP contribution is -2.58. The van der Waals surface area contributed by atoms with E-state index in [0.29, 0.717) is 6.42 Å². The summed E-state index contributed by atoms with van der Waals surface area (Å²) in [7, 11) is 2.86. The van der Waals surface area contributed by atoms with E-state index in [0.717, 1.165) is 11.1 Å². The van der Waals surface area contributed by atoms with Crippen LogP contribution in [0.15, 0.2) is 53.6 Å². The smallest absolute Gasteiger partial charge is 0.334 e. The van der Waals surface area contributed by atoms with Crippen molar-refractivity contribution in [2.45, 2.75) is 137 Å². The third-order valence-electron chi connectivity index (χ3n) is 11.0. The van der Waals surface area contributed by atoms with Crippen LogP contribution in [0.4, 0.5) is 0 Å². The molecule has 0 spiro atoms. The average Bonchev–Trinajstić information content (AvgIpc) is 3.20. The summed E-state index contributed by atoms with van der Waals surface area (Å²) in [5, 5.41) is 22.3. The lowest BCUT2D eigenvalue weighted by atomic mass is 9.88. The van der Waals surface area contributed by atoms with E-state index in [4.69, 9.17) is 4.74 Å². The Kier molecular flexibility index (Phi) is 20.0. The first-order valence-electron chi connectivity index (χ1n) is 20.6. The average molecular weight is 825 g/mol. The number of allylic oxidation sites excluding steroid dienone is 1. The third kappa shape index (κ3) is 14.9. The number of hydrogen-bond acceptors (Lipinski definition) is 9. The minimum atomic E-state index is -1.25. The number of rotatable bonds is 7. The van der Waals surface area contributed by atoms with Gasteiger partial charge in [-0.05, 0) is 64.9 Å². The van der Waals surface area contributed by atoms with Crippen molar-refractivity contribution in [1.29, 1.82) is 0 Å². The number of nitrogens with zero attached hydrogens (tertiary/aromatic N) is 2. The summed E-state index contributed by atoms with van der Waals surface area (Å²) in [6.45, 7) is 16.8. The fourth-order valence-corrected chi connectivity index (χ4v) is 6.69. The Morgan fingerprint density at radius 3 is 2.07 bits per heavy atom. The van der Waals surface area contributed by atoms with Crippen molar-refractivity contribution in [3.05, 3.63) is 59.2 Å². The number of carbonyl (C=O) groups excluding carboxylic acids is 7. The third-order valence-corrected chi connectivity index (χ3v) is 11.0. The number of benzene rings is 1. The normalized spacial score (nSPS) is 28.8. The first kappa shape index (κ1) is 50.1. The second kappa shape index (κ2) is 23.5. The Balaban J connectivity index is 2.62. The van der Waals surface area contributed by atoms with Crippen LogP contribution in [0.25, 0.3) is 0 Å².